The van der Waals surface area contributed by atoms with Gasteiger partial charge in [0, 0.05) is 31.1 Å². The second kappa shape index (κ2) is 11.4. The Hall–Kier alpha value is -1.24. The van der Waals surface area contributed by atoms with Gasteiger partial charge in [-0.3, -0.25) is 9.59 Å². The van der Waals surface area contributed by atoms with E-state index in [-0.39, 0.29) is 24.2 Å². The number of thioether (sulfide) groups is 1. The van der Waals surface area contributed by atoms with Gasteiger partial charge in [-0.15, -0.1) is 24.2 Å². The van der Waals surface area contributed by atoms with Gasteiger partial charge in [0.1, 0.15) is 0 Å². The minimum Gasteiger partial charge on any atom is -0.351 e. The van der Waals surface area contributed by atoms with Crippen molar-refractivity contribution in [2.75, 3.05) is 25.9 Å². The predicted octanol–water partition coefficient (Wildman–Crippen LogP) is 2.68. The number of benzene rings is 1. The Balaban J connectivity index is 0.00000312. The van der Waals surface area contributed by atoms with E-state index < -0.39 is 0 Å². The maximum Gasteiger partial charge on any atom is 0.252 e. The molecule has 0 unspecified atom stereocenters. The van der Waals surface area contributed by atoms with Gasteiger partial charge in [0.15, 0.2) is 0 Å². The summed E-state index contributed by atoms with van der Waals surface area (Å²) in [6.07, 6.45) is 5.90. The first-order valence-corrected chi connectivity index (χ1v) is 9.57. The van der Waals surface area contributed by atoms with Crippen molar-refractivity contribution < 1.29 is 9.59 Å². The molecule has 0 saturated heterocycles. The molecule has 1 saturated carbocycles. The van der Waals surface area contributed by atoms with E-state index in [1.54, 1.807) is 6.07 Å². The maximum atomic E-state index is 12.5. The third-order valence-electron chi connectivity index (χ3n) is 4.43. The first kappa shape index (κ1) is 21.8. The van der Waals surface area contributed by atoms with Crippen LogP contribution in [0.3, 0.4) is 0 Å². The number of carbonyl (C=O) groups is 2. The van der Waals surface area contributed by atoms with Crippen LogP contribution in [0, 0.1) is 0 Å². The number of carbonyl (C=O) groups excluding carboxylic acids is 2. The third kappa shape index (κ3) is 6.53. The van der Waals surface area contributed by atoms with Crippen LogP contribution < -0.4 is 11.1 Å². The van der Waals surface area contributed by atoms with Crippen molar-refractivity contribution in [1.82, 2.24) is 10.2 Å². The minimum atomic E-state index is -0.142. The molecule has 140 valence electrons. The highest BCUT2D eigenvalue weighted by atomic mass is 35.5. The Morgan fingerprint density at radius 3 is 2.60 bits per heavy atom. The lowest BCUT2D eigenvalue weighted by molar-refractivity contribution is -0.129. The normalized spacial score (nSPS) is 14.5. The number of amides is 2. The highest BCUT2D eigenvalue weighted by Gasteiger charge is 2.22. The molecule has 3 N–H and O–H groups in total. The van der Waals surface area contributed by atoms with Crippen LogP contribution in [0.2, 0.25) is 0 Å². The largest absolute Gasteiger partial charge is 0.351 e. The molecule has 1 fully saturated rings. The van der Waals surface area contributed by atoms with Gasteiger partial charge in [0.05, 0.1) is 11.3 Å². The first-order chi connectivity index (χ1) is 11.6. The lowest BCUT2D eigenvalue weighted by Gasteiger charge is -2.31. The molecule has 0 radical (unpaired) electrons. The van der Waals surface area contributed by atoms with Gasteiger partial charge in [0.2, 0.25) is 5.91 Å². The molecule has 0 spiro atoms. The van der Waals surface area contributed by atoms with E-state index in [2.05, 4.69) is 5.32 Å². The highest BCUT2D eigenvalue weighted by molar-refractivity contribution is 8.00. The summed E-state index contributed by atoms with van der Waals surface area (Å²) in [7, 11) is 1.90. The van der Waals surface area contributed by atoms with Crippen LogP contribution in [-0.4, -0.2) is 48.6 Å². The molecule has 1 aromatic carbocycles. The van der Waals surface area contributed by atoms with Crippen molar-refractivity contribution in [3.63, 3.8) is 0 Å². The Morgan fingerprint density at radius 2 is 1.92 bits per heavy atom. The average molecular weight is 386 g/mol. The molecule has 5 nitrogen and oxygen atoms in total. The smallest absolute Gasteiger partial charge is 0.252 e. The SMILES string of the molecule is CN(C(=O)CSc1ccccc1C(=O)NCCN)C1CCCCC1.Cl. The summed E-state index contributed by atoms with van der Waals surface area (Å²) in [5.74, 6) is 0.342. The molecule has 1 aliphatic carbocycles. The van der Waals surface area contributed by atoms with Crippen molar-refractivity contribution >= 4 is 36.0 Å². The highest BCUT2D eigenvalue weighted by Crippen LogP contribution is 2.25. The zero-order valence-electron chi connectivity index (χ0n) is 14.7. The van der Waals surface area contributed by atoms with Gasteiger partial charge in [0.25, 0.3) is 5.91 Å². The van der Waals surface area contributed by atoms with Gasteiger partial charge in [-0.1, -0.05) is 31.4 Å². The van der Waals surface area contributed by atoms with E-state index in [1.165, 1.54) is 31.0 Å². The van der Waals surface area contributed by atoms with E-state index in [0.29, 0.717) is 30.4 Å². The van der Waals surface area contributed by atoms with Gasteiger partial charge in [-0.25, -0.2) is 0 Å². The number of hydrogen-bond donors (Lipinski definition) is 2. The molecule has 25 heavy (non-hydrogen) atoms. The van der Waals surface area contributed by atoms with Crippen LogP contribution in [0.4, 0.5) is 0 Å². The van der Waals surface area contributed by atoms with Crippen LogP contribution in [0.1, 0.15) is 42.5 Å². The van der Waals surface area contributed by atoms with E-state index in [1.807, 2.05) is 30.1 Å². The second-order valence-corrected chi connectivity index (χ2v) is 7.14. The van der Waals surface area contributed by atoms with Gasteiger partial charge in [-0.05, 0) is 25.0 Å². The monoisotopic (exact) mass is 385 g/mol. The van der Waals surface area contributed by atoms with Crippen molar-refractivity contribution in [3.8, 4) is 0 Å². The average Bonchev–Trinajstić information content (AvgIpc) is 2.64. The molecule has 0 aliphatic heterocycles. The van der Waals surface area contributed by atoms with Crippen molar-refractivity contribution in [3.05, 3.63) is 29.8 Å². The standard InChI is InChI=1S/C18H27N3O2S.ClH/c1-21(14-7-3-2-4-8-14)17(22)13-24-16-10-6-5-9-15(16)18(23)20-12-11-19;/h5-6,9-10,14H,2-4,7-8,11-13,19H2,1H3,(H,20,23);1H. The van der Waals surface area contributed by atoms with Crippen molar-refractivity contribution in [1.29, 1.82) is 0 Å². The van der Waals surface area contributed by atoms with Crippen LogP contribution in [-0.2, 0) is 4.79 Å². The van der Waals surface area contributed by atoms with Crippen LogP contribution in [0.5, 0.6) is 0 Å². The van der Waals surface area contributed by atoms with E-state index in [4.69, 9.17) is 5.73 Å². The fraction of sp³-hybridized carbons (Fsp3) is 0.556. The maximum absolute atomic E-state index is 12.5. The first-order valence-electron chi connectivity index (χ1n) is 8.59. The van der Waals surface area contributed by atoms with Crippen LogP contribution in [0.15, 0.2) is 29.2 Å². The Kier molecular flexibility index (Phi) is 9.93. The minimum absolute atomic E-state index is 0. The van der Waals surface area contributed by atoms with Gasteiger partial charge in [-0.2, -0.15) is 0 Å². The molecule has 0 aromatic heterocycles. The quantitative estimate of drug-likeness (QED) is 0.707. The second-order valence-electron chi connectivity index (χ2n) is 6.13. The van der Waals surface area contributed by atoms with Crippen molar-refractivity contribution in [2.24, 2.45) is 5.73 Å². The molecule has 2 rings (SSSR count). The summed E-state index contributed by atoms with van der Waals surface area (Å²) < 4.78 is 0. The summed E-state index contributed by atoms with van der Waals surface area (Å²) >= 11 is 1.43. The number of nitrogens with zero attached hydrogens (tertiary/aromatic N) is 1. The number of hydrogen-bond acceptors (Lipinski definition) is 4. The van der Waals surface area contributed by atoms with Crippen LogP contribution in [0.25, 0.3) is 0 Å². The summed E-state index contributed by atoms with van der Waals surface area (Å²) in [6.45, 7) is 0.854. The molecule has 0 bridgehead atoms. The zero-order valence-corrected chi connectivity index (χ0v) is 16.3. The summed E-state index contributed by atoms with van der Waals surface area (Å²) in [4.78, 5) is 27.4. The Labute approximate surface area is 160 Å². The molecular weight excluding hydrogens is 358 g/mol. The van der Waals surface area contributed by atoms with Crippen LogP contribution >= 0.6 is 24.2 Å². The number of halogens is 1. The van der Waals surface area contributed by atoms with E-state index in [0.717, 1.165) is 17.7 Å². The molecule has 2 amide bonds. The predicted molar refractivity (Wildman–Crippen MR) is 105 cm³/mol. The van der Waals surface area contributed by atoms with E-state index >= 15 is 0 Å². The zero-order chi connectivity index (χ0) is 17.4. The molecule has 7 heteroatoms. The summed E-state index contributed by atoms with van der Waals surface area (Å²) in [6, 6.07) is 7.75. The molecular formula is C18H28ClN3O2S. The fourth-order valence-electron chi connectivity index (χ4n) is 2.97. The lowest BCUT2D eigenvalue weighted by atomic mass is 9.94. The molecule has 1 aromatic rings. The van der Waals surface area contributed by atoms with Gasteiger partial charge < -0.3 is 16.0 Å². The van der Waals surface area contributed by atoms with E-state index in [9.17, 15) is 9.59 Å². The number of rotatable bonds is 7. The Bertz CT molecular complexity index is 565. The lowest BCUT2D eigenvalue weighted by Crippen LogP contribution is -2.39. The summed E-state index contributed by atoms with van der Waals surface area (Å²) in [5, 5.41) is 2.78. The number of nitrogens with two attached hydrogens (primary N) is 1. The third-order valence-corrected chi connectivity index (χ3v) is 5.49. The van der Waals surface area contributed by atoms with Gasteiger partial charge >= 0.3 is 0 Å². The fourth-order valence-corrected chi connectivity index (χ4v) is 3.95. The van der Waals surface area contributed by atoms with Crippen molar-refractivity contribution in [2.45, 2.75) is 43.0 Å². The molecule has 0 atom stereocenters. The number of nitrogens with one attached hydrogen (secondary N) is 1. The summed E-state index contributed by atoms with van der Waals surface area (Å²) in [5.41, 5.74) is 6.03. The molecule has 1 aliphatic rings. The molecule has 0 heterocycles. The topological polar surface area (TPSA) is 75.4 Å². The Morgan fingerprint density at radius 1 is 1.24 bits per heavy atom.